The molecule has 134 valence electrons. The van der Waals surface area contributed by atoms with Gasteiger partial charge in [0, 0.05) is 24.0 Å². The van der Waals surface area contributed by atoms with Crippen molar-refractivity contribution in [2.75, 3.05) is 5.32 Å². The monoisotopic (exact) mass is 348 g/mol. The number of amides is 2. The number of para-hydroxylation sites is 1. The molecule has 5 nitrogen and oxygen atoms in total. The minimum Gasteiger partial charge on any atom is -0.335 e. The van der Waals surface area contributed by atoms with Crippen LogP contribution in [-0.4, -0.2) is 21.5 Å². The summed E-state index contributed by atoms with van der Waals surface area (Å²) < 4.78 is 2.02. The fraction of sp³-hybridized carbons (Fsp3) is 0.333. The normalized spacial score (nSPS) is 15.1. The van der Waals surface area contributed by atoms with Crippen LogP contribution in [0.4, 0.5) is 10.5 Å². The topological polar surface area (TPSA) is 58.4 Å². The fourth-order valence-corrected chi connectivity index (χ4v) is 3.69. The van der Waals surface area contributed by atoms with E-state index in [9.17, 15) is 4.79 Å². The van der Waals surface area contributed by atoms with Gasteiger partial charge in [0.05, 0.1) is 11.4 Å². The molecular weight excluding hydrogens is 324 g/mol. The molecule has 0 saturated heterocycles. The molecule has 0 unspecified atom stereocenters. The molecule has 1 fully saturated rings. The van der Waals surface area contributed by atoms with Crippen molar-refractivity contribution in [2.45, 2.75) is 45.1 Å². The van der Waals surface area contributed by atoms with Gasteiger partial charge in [0.25, 0.3) is 0 Å². The van der Waals surface area contributed by atoms with E-state index in [-0.39, 0.29) is 12.1 Å². The molecular formula is C21H24N4O. The average molecular weight is 348 g/mol. The molecule has 5 heteroatoms. The van der Waals surface area contributed by atoms with Crippen LogP contribution in [0, 0.1) is 6.92 Å². The van der Waals surface area contributed by atoms with Gasteiger partial charge in [-0.25, -0.2) is 9.78 Å². The molecule has 2 aromatic heterocycles. The van der Waals surface area contributed by atoms with Gasteiger partial charge < -0.3 is 15.0 Å². The highest BCUT2D eigenvalue weighted by Crippen LogP contribution is 2.28. The Kier molecular flexibility index (Phi) is 4.61. The lowest BCUT2D eigenvalue weighted by atomic mass is 9.96. The Bertz CT molecular complexity index is 925. The predicted octanol–water partition coefficient (Wildman–Crippen LogP) is 4.76. The Balaban J connectivity index is 1.57. The predicted molar refractivity (Wildman–Crippen MR) is 104 cm³/mol. The number of anilines is 1. The first-order chi connectivity index (χ1) is 12.7. The molecule has 2 amide bonds. The minimum atomic E-state index is -0.135. The summed E-state index contributed by atoms with van der Waals surface area (Å²) in [6, 6.07) is 12.0. The maximum Gasteiger partial charge on any atom is 0.319 e. The highest BCUT2D eigenvalue weighted by molar-refractivity contribution is 5.94. The van der Waals surface area contributed by atoms with E-state index in [0.29, 0.717) is 0 Å². The number of nitrogens with zero attached hydrogens (tertiary/aromatic N) is 2. The van der Waals surface area contributed by atoms with Gasteiger partial charge in [0.2, 0.25) is 0 Å². The maximum atomic E-state index is 12.4. The first kappa shape index (κ1) is 16.6. The summed E-state index contributed by atoms with van der Waals surface area (Å²) in [5.41, 5.74) is 4.62. The number of fused-ring (bicyclic) bond motifs is 1. The second kappa shape index (κ2) is 7.20. The Hall–Kier alpha value is -2.82. The first-order valence-corrected chi connectivity index (χ1v) is 9.32. The Morgan fingerprint density at radius 3 is 2.73 bits per heavy atom. The van der Waals surface area contributed by atoms with Gasteiger partial charge in [-0.3, -0.25) is 0 Å². The number of carbonyl (C=O) groups is 1. The lowest BCUT2D eigenvalue weighted by Gasteiger charge is -2.23. The lowest BCUT2D eigenvalue weighted by Crippen LogP contribution is -2.39. The van der Waals surface area contributed by atoms with Gasteiger partial charge in [0.1, 0.15) is 5.65 Å². The molecule has 4 rings (SSSR count). The SMILES string of the molecule is Cc1cccn2cc(-c3ccccc3NC(=O)NC3CCCCC3)nc12. The number of carbonyl (C=O) groups excluding carboxylic acids is 1. The quantitative estimate of drug-likeness (QED) is 0.717. The molecule has 1 aromatic carbocycles. The van der Waals surface area contributed by atoms with E-state index in [4.69, 9.17) is 4.98 Å². The van der Waals surface area contributed by atoms with Crippen molar-refractivity contribution >= 4 is 17.4 Å². The third-order valence-corrected chi connectivity index (χ3v) is 5.07. The maximum absolute atomic E-state index is 12.4. The number of rotatable bonds is 3. The smallest absolute Gasteiger partial charge is 0.319 e. The van der Waals surface area contributed by atoms with E-state index in [1.54, 1.807) is 0 Å². The molecule has 2 N–H and O–H groups in total. The number of hydrogen-bond acceptors (Lipinski definition) is 2. The van der Waals surface area contributed by atoms with Crippen molar-refractivity contribution < 1.29 is 4.79 Å². The summed E-state index contributed by atoms with van der Waals surface area (Å²) in [5, 5.41) is 6.12. The first-order valence-electron chi connectivity index (χ1n) is 9.32. The Labute approximate surface area is 153 Å². The minimum absolute atomic E-state index is 0.135. The number of imidazole rings is 1. The molecule has 1 aliphatic carbocycles. The third kappa shape index (κ3) is 3.43. The van der Waals surface area contributed by atoms with Crippen LogP contribution in [0.25, 0.3) is 16.9 Å². The van der Waals surface area contributed by atoms with Crippen LogP contribution in [0.3, 0.4) is 0 Å². The highest BCUT2D eigenvalue weighted by atomic mass is 16.2. The van der Waals surface area contributed by atoms with Crippen molar-refractivity contribution in [3.63, 3.8) is 0 Å². The second-order valence-corrected chi connectivity index (χ2v) is 7.03. The Morgan fingerprint density at radius 1 is 1.12 bits per heavy atom. The molecule has 0 bridgehead atoms. The van der Waals surface area contributed by atoms with Crippen molar-refractivity contribution in [3.05, 3.63) is 54.4 Å². The van der Waals surface area contributed by atoms with Crippen LogP contribution in [0.2, 0.25) is 0 Å². The van der Waals surface area contributed by atoms with Crippen molar-refractivity contribution in [3.8, 4) is 11.3 Å². The van der Waals surface area contributed by atoms with Gasteiger partial charge >= 0.3 is 6.03 Å². The number of aromatic nitrogens is 2. The van der Waals surface area contributed by atoms with Crippen LogP contribution >= 0.6 is 0 Å². The summed E-state index contributed by atoms with van der Waals surface area (Å²) in [7, 11) is 0. The zero-order chi connectivity index (χ0) is 17.9. The molecule has 3 aromatic rings. The number of nitrogens with one attached hydrogen (secondary N) is 2. The molecule has 0 radical (unpaired) electrons. The van der Waals surface area contributed by atoms with Crippen LogP contribution in [0.5, 0.6) is 0 Å². The molecule has 1 aliphatic rings. The van der Waals surface area contributed by atoms with Gasteiger partial charge in [-0.15, -0.1) is 0 Å². The summed E-state index contributed by atoms with van der Waals surface area (Å²) in [4.78, 5) is 17.2. The van der Waals surface area contributed by atoms with E-state index in [1.165, 1.54) is 19.3 Å². The molecule has 0 spiro atoms. The van der Waals surface area contributed by atoms with Gasteiger partial charge in [-0.1, -0.05) is 43.5 Å². The summed E-state index contributed by atoms with van der Waals surface area (Å²) >= 11 is 0. The lowest BCUT2D eigenvalue weighted by molar-refractivity contribution is 0.244. The molecule has 1 saturated carbocycles. The second-order valence-electron chi connectivity index (χ2n) is 7.03. The van der Waals surface area contributed by atoms with Crippen molar-refractivity contribution in [2.24, 2.45) is 0 Å². The standard InChI is InChI=1S/C21H24N4O/c1-15-8-7-13-25-14-19(23-20(15)25)17-11-5-6-12-18(17)24-21(26)22-16-9-3-2-4-10-16/h5-8,11-14,16H,2-4,9-10H2,1H3,(H2,22,24,26). The van der Waals surface area contributed by atoms with Gasteiger partial charge in [-0.2, -0.15) is 0 Å². The van der Waals surface area contributed by atoms with E-state index < -0.39 is 0 Å². The van der Waals surface area contributed by atoms with Crippen LogP contribution < -0.4 is 10.6 Å². The van der Waals surface area contributed by atoms with Crippen LogP contribution in [0.1, 0.15) is 37.7 Å². The zero-order valence-electron chi connectivity index (χ0n) is 15.0. The van der Waals surface area contributed by atoms with Gasteiger partial charge in [0.15, 0.2) is 0 Å². The van der Waals surface area contributed by atoms with Crippen molar-refractivity contribution in [1.82, 2.24) is 14.7 Å². The summed E-state index contributed by atoms with van der Waals surface area (Å²) in [6.07, 6.45) is 9.80. The number of aryl methyl sites for hydroxylation is 1. The van der Waals surface area contributed by atoms with E-state index in [0.717, 1.165) is 41.0 Å². The number of benzene rings is 1. The van der Waals surface area contributed by atoms with Crippen LogP contribution in [0.15, 0.2) is 48.8 Å². The largest absolute Gasteiger partial charge is 0.335 e. The van der Waals surface area contributed by atoms with E-state index >= 15 is 0 Å². The average Bonchev–Trinajstić information content (AvgIpc) is 3.08. The highest BCUT2D eigenvalue weighted by Gasteiger charge is 2.17. The molecule has 26 heavy (non-hydrogen) atoms. The van der Waals surface area contributed by atoms with Gasteiger partial charge in [-0.05, 0) is 37.5 Å². The number of urea groups is 1. The zero-order valence-corrected chi connectivity index (χ0v) is 15.0. The molecule has 0 aliphatic heterocycles. The number of pyridine rings is 1. The Morgan fingerprint density at radius 2 is 1.92 bits per heavy atom. The molecule has 2 heterocycles. The number of hydrogen-bond donors (Lipinski definition) is 2. The molecule has 0 atom stereocenters. The fourth-order valence-electron chi connectivity index (χ4n) is 3.69. The third-order valence-electron chi connectivity index (χ3n) is 5.07. The van der Waals surface area contributed by atoms with E-state index in [1.807, 2.05) is 60.1 Å². The van der Waals surface area contributed by atoms with Crippen molar-refractivity contribution in [1.29, 1.82) is 0 Å². The summed E-state index contributed by atoms with van der Waals surface area (Å²) in [5.74, 6) is 0. The van der Waals surface area contributed by atoms with Crippen LogP contribution in [-0.2, 0) is 0 Å². The summed E-state index contributed by atoms with van der Waals surface area (Å²) in [6.45, 7) is 2.05. The van der Waals surface area contributed by atoms with E-state index in [2.05, 4.69) is 10.6 Å².